The first-order chi connectivity index (χ1) is 7.71. The van der Waals surface area contributed by atoms with E-state index in [1.165, 1.54) is 0 Å². The van der Waals surface area contributed by atoms with Gasteiger partial charge >= 0.3 is 0 Å². The fourth-order valence-electron chi connectivity index (χ4n) is 1.57. The number of nitrogen functional groups attached to an aromatic ring is 2. The maximum Gasteiger partial charge on any atom is 0.223 e. The van der Waals surface area contributed by atoms with E-state index in [9.17, 15) is 0 Å². The van der Waals surface area contributed by atoms with Crippen LogP contribution in [0.5, 0.6) is 0 Å². The van der Waals surface area contributed by atoms with Gasteiger partial charge in [0.05, 0.1) is 0 Å². The molecule has 0 atom stereocenters. The Bertz CT molecular complexity index is 321. The van der Waals surface area contributed by atoms with Crippen molar-refractivity contribution in [3.8, 4) is 0 Å². The van der Waals surface area contributed by atoms with Crippen molar-refractivity contribution in [2.75, 3.05) is 29.1 Å². The number of nitrogens with two attached hydrogens (primary N) is 2. The minimum Gasteiger partial charge on any atom is -0.368 e. The molecule has 0 aromatic carbocycles. The summed E-state index contributed by atoms with van der Waals surface area (Å²) in [7, 11) is 0. The fraction of sp³-hybridized carbons (Fsp3) is 0.600. The van der Waals surface area contributed by atoms with Gasteiger partial charge in [0.25, 0.3) is 0 Å². The molecule has 90 valence electrons. The standard InChI is InChI=1S/C10H20N6/c1-3-5-16(6-4-2)9-7-8(15-12)13-10(11)14-9/h7H,3-6,12H2,1-2H3,(H3,11,13,14,15). The fourth-order valence-corrected chi connectivity index (χ4v) is 1.57. The van der Waals surface area contributed by atoms with E-state index in [4.69, 9.17) is 11.6 Å². The lowest BCUT2D eigenvalue weighted by atomic mass is 10.3. The molecule has 0 bridgehead atoms. The summed E-state index contributed by atoms with van der Waals surface area (Å²) in [6.45, 7) is 6.17. The SMILES string of the molecule is CCCN(CCC)c1cc(NN)nc(N)n1. The van der Waals surface area contributed by atoms with Crippen LogP contribution in [0.3, 0.4) is 0 Å². The summed E-state index contributed by atoms with van der Waals surface area (Å²) in [4.78, 5) is 10.4. The Morgan fingerprint density at radius 2 is 1.88 bits per heavy atom. The second-order valence-corrected chi connectivity index (χ2v) is 3.60. The molecule has 1 rings (SSSR count). The third-order valence-electron chi connectivity index (χ3n) is 2.19. The van der Waals surface area contributed by atoms with Crippen molar-refractivity contribution in [3.05, 3.63) is 6.07 Å². The number of aromatic nitrogens is 2. The Morgan fingerprint density at radius 3 is 2.38 bits per heavy atom. The number of hydrogen-bond acceptors (Lipinski definition) is 6. The van der Waals surface area contributed by atoms with Gasteiger partial charge in [-0.05, 0) is 12.8 Å². The van der Waals surface area contributed by atoms with E-state index in [-0.39, 0.29) is 5.95 Å². The second kappa shape index (κ2) is 6.12. The molecule has 0 amide bonds. The van der Waals surface area contributed by atoms with Crippen LogP contribution in [-0.2, 0) is 0 Å². The summed E-state index contributed by atoms with van der Waals surface area (Å²) < 4.78 is 0. The molecule has 0 fully saturated rings. The molecule has 6 heteroatoms. The second-order valence-electron chi connectivity index (χ2n) is 3.60. The molecule has 1 heterocycles. The van der Waals surface area contributed by atoms with Crippen LogP contribution in [0.4, 0.5) is 17.6 Å². The van der Waals surface area contributed by atoms with Crippen LogP contribution in [0, 0.1) is 0 Å². The molecule has 0 saturated carbocycles. The number of hydrogen-bond donors (Lipinski definition) is 3. The lowest BCUT2D eigenvalue weighted by Crippen LogP contribution is -2.26. The lowest BCUT2D eigenvalue weighted by Gasteiger charge is -2.22. The van der Waals surface area contributed by atoms with E-state index in [1.807, 2.05) is 6.07 Å². The first-order valence-corrected chi connectivity index (χ1v) is 5.57. The maximum atomic E-state index is 5.62. The quantitative estimate of drug-likeness (QED) is 0.492. The van der Waals surface area contributed by atoms with Crippen molar-refractivity contribution < 1.29 is 0 Å². The van der Waals surface area contributed by atoms with Gasteiger partial charge in [-0.3, -0.25) is 0 Å². The number of nitrogens with zero attached hydrogens (tertiary/aromatic N) is 3. The van der Waals surface area contributed by atoms with Crippen LogP contribution in [-0.4, -0.2) is 23.1 Å². The molecule has 0 aliphatic heterocycles. The molecular formula is C10H20N6. The van der Waals surface area contributed by atoms with Crippen molar-refractivity contribution in [3.63, 3.8) is 0 Å². The zero-order valence-corrected chi connectivity index (χ0v) is 9.90. The smallest absolute Gasteiger partial charge is 0.223 e. The molecule has 1 aromatic heterocycles. The summed E-state index contributed by atoms with van der Waals surface area (Å²) in [5.74, 6) is 6.92. The van der Waals surface area contributed by atoms with Gasteiger partial charge in [-0.25, -0.2) is 5.84 Å². The Kier molecular flexibility index (Phi) is 4.78. The average Bonchev–Trinajstić information content (AvgIpc) is 2.28. The molecule has 0 saturated heterocycles. The Balaban J connectivity index is 2.93. The van der Waals surface area contributed by atoms with E-state index in [0.717, 1.165) is 31.7 Å². The zero-order valence-electron chi connectivity index (χ0n) is 9.90. The minimum absolute atomic E-state index is 0.239. The van der Waals surface area contributed by atoms with Crippen LogP contribution < -0.4 is 21.9 Å². The number of nitrogens with one attached hydrogen (secondary N) is 1. The van der Waals surface area contributed by atoms with Crippen LogP contribution in [0.1, 0.15) is 26.7 Å². The Labute approximate surface area is 96.0 Å². The molecule has 0 spiro atoms. The van der Waals surface area contributed by atoms with Gasteiger partial charge in [0.2, 0.25) is 5.95 Å². The van der Waals surface area contributed by atoms with Gasteiger partial charge in [-0.1, -0.05) is 13.8 Å². The first-order valence-electron chi connectivity index (χ1n) is 5.57. The summed E-state index contributed by atoms with van der Waals surface area (Å²) >= 11 is 0. The van der Waals surface area contributed by atoms with E-state index in [1.54, 1.807) is 0 Å². The van der Waals surface area contributed by atoms with Crippen molar-refractivity contribution >= 4 is 17.6 Å². The van der Waals surface area contributed by atoms with Gasteiger partial charge in [-0.2, -0.15) is 9.97 Å². The van der Waals surface area contributed by atoms with E-state index in [0.29, 0.717) is 5.82 Å². The highest BCUT2D eigenvalue weighted by Crippen LogP contribution is 2.16. The molecule has 0 unspecified atom stereocenters. The highest BCUT2D eigenvalue weighted by Gasteiger charge is 2.08. The predicted molar refractivity (Wildman–Crippen MR) is 67.0 cm³/mol. The largest absolute Gasteiger partial charge is 0.368 e. The van der Waals surface area contributed by atoms with E-state index in [2.05, 4.69) is 34.1 Å². The highest BCUT2D eigenvalue weighted by atomic mass is 15.3. The molecule has 0 radical (unpaired) electrons. The van der Waals surface area contributed by atoms with Crippen molar-refractivity contribution in [1.82, 2.24) is 9.97 Å². The third-order valence-corrected chi connectivity index (χ3v) is 2.19. The maximum absolute atomic E-state index is 5.62. The lowest BCUT2D eigenvalue weighted by molar-refractivity contribution is 0.733. The van der Waals surface area contributed by atoms with Crippen molar-refractivity contribution in [2.24, 2.45) is 5.84 Å². The van der Waals surface area contributed by atoms with E-state index >= 15 is 0 Å². The molecule has 1 aromatic rings. The van der Waals surface area contributed by atoms with Gasteiger partial charge in [-0.15, -0.1) is 0 Å². The van der Waals surface area contributed by atoms with E-state index < -0.39 is 0 Å². The Hall–Kier alpha value is -1.56. The highest BCUT2D eigenvalue weighted by molar-refractivity contribution is 5.52. The topological polar surface area (TPSA) is 93.1 Å². The Morgan fingerprint density at radius 1 is 1.25 bits per heavy atom. The summed E-state index contributed by atoms with van der Waals surface area (Å²) in [6, 6.07) is 1.81. The third kappa shape index (κ3) is 3.23. The van der Waals surface area contributed by atoms with Crippen LogP contribution in [0.2, 0.25) is 0 Å². The average molecular weight is 224 g/mol. The number of hydrazine groups is 1. The molecule has 0 aliphatic rings. The summed E-state index contributed by atoms with van der Waals surface area (Å²) in [5, 5.41) is 0. The first kappa shape index (κ1) is 12.5. The molecular weight excluding hydrogens is 204 g/mol. The monoisotopic (exact) mass is 224 g/mol. The molecule has 6 nitrogen and oxygen atoms in total. The van der Waals surface area contributed by atoms with Crippen molar-refractivity contribution in [1.29, 1.82) is 0 Å². The summed E-state index contributed by atoms with van der Waals surface area (Å²) in [6.07, 6.45) is 2.13. The zero-order chi connectivity index (χ0) is 12.0. The minimum atomic E-state index is 0.239. The van der Waals surface area contributed by atoms with Crippen LogP contribution in [0.15, 0.2) is 6.07 Å². The van der Waals surface area contributed by atoms with Gasteiger partial charge < -0.3 is 16.1 Å². The number of rotatable bonds is 6. The van der Waals surface area contributed by atoms with Crippen LogP contribution in [0.25, 0.3) is 0 Å². The van der Waals surface area contributed by atoms with Gasteiger partial charge in [0.15, 0.2) is 0 Å². The molecule has 5 N–H and O–H groups in total. The summed E-state index contributed by atoms with van der Waals surface area (Å²) in [5.41, 5.74) is 8.11. The van der Waals surface area contributed by atoms with Gasteiger partial charge in [0, 0.05) is 19.2 Å². The predicted octanol–water partition coefficient (Wildman–Crippen LogP) is 0.971. The van der Waals surface area contributed by atoms with Crippen molar-refractivity contribution in [2.45, 2.75) is 26.7 Å². The van der Waals surface area contributed by atoms with Crippen LogP contribution >= 0.6 is 0 Å². The molecule has 0 aliphatic carbocycles. The molecule has 16 heavy (non-hydrogen) atoms. The van der Waals surface area contributed by atoms with Gasteiger partial charge in [0.1, 0.15) is 11.6 Å². The normalized spacial score (nSPS) is 10.2. The number of anilines is 3.